The summed E-state index contributed by atoms with van der Waals surface area (Å²) in [5.41, 5.74) is 1.12. The number of carbonyl (C=O) groups is 1. The SMILES string of the molecule is Cc1nnnn1-c1cccc(C(=O)N[C@H]2CCS(=O)(=O)C2)c1. The molecular weight excluding hydrogens is 306 g/mol. The molecule has 0 saturated carbocycles. The van der Waals surface area contributed by atoms with Crippen LogP contribution < -0.4 is 5.32 Å². The molecule has 0 radical (unpaired) electrons. The molecule has 1 aromatic carbocycles. The summed E-state index contributed by atoms with van der Waals surface area (Å²) < 4.78 is 24.4. The van der Waals surface area contributed by atoms with E-state index in [1.54, 1.807) is 31.2 Å². The minimum Gasteiger partial charge on any atom is -0.348 e. The number of tetrazole rings is 1. The first-order valence-electron chi connectivity index (χ1n) is 6.81. The maximum atomic E-state index is 12.3. The molecule has 2 heterocycles. The van der Waals surface area contributed by atoms with Gasteiger partial charge in [-0.05, 0) is 42.0 Å². The molecule has 0 aliphatic carbocycles. The number of benzene rings is 1. The molecule has 9 heteroatoms. The first kappa shape index (κ1) is 14.6. The number of amides is 1. The number of carbonyl (C=O) groups excluding carboxylic acids is 1. The highest BCUT2D eigenvalue weighted by Crippen LogP contribution is 2.14. The Bertz CT molecular complexity index is 815. The predicted molar refractivity (Wildman–Crippen MR) is 78.4 cm³/mol. The molecule has 1 saturated heterocycles. The predicted octanol–water partition coefficient (Wildman–Crippen LogP) is -0.112. The maximum absolute atomic E-state index is 12.3. The van der Waals surface area contributed by atoms with Crippen LogP contribution in [-0.2, 0) is 9.84 Å². The van der Waals surface area contributed by atoms with Crippen LogP contribution in [0.2, 0.25) is 0 Å². The first-order valence-corrected chi connectivity index (χ1v) is 8.63. The molecule has 0 unspecified atom stereocenters. The standard InChI is InChI=1S/C13H15N5O3S/c1-9-15-16-17-18(9)12-4-2-3-10(7-12)13(19)14-11-5-6-22(20,21)8-11/h2-4,7,11H,5-6,8H2,1H3,(H,14,19)/t11-/m0/s1. The smallest absolute Gasteiger partial charge is 0.251 e. The van der Waals surface area contributed by atoms with Crippen LogP contribution in [0, 0.1) is 6.92 Å². The van der Waals surface area contributed by atoms with Crippen molar-refractivity contribution in [2.24, 2.45) is 0 Å². The Morgan fingerprint density at radius 2 is 2.23 bits per heavy atom. The number of nitrogens with zero attached hydrogens (tertiary/aromatic N) is 4. The number of nitrogens with one attached hydrogen (secondary N) is 1. The summed E-state index contributed by atoms with van der Waals surface area (Å²) in [6.07, 6.45) is 0.458. The van der Waals surface area contributed by atoms with Gasteiger partial charge >= 0.3 is 0 Å². The summed E-state index contributed by atoms with van der Waals surface area (Å²) >= 11 is 0. The molecule has 1 aliphatic heterocycles. The summed E-state index contributed by atoms with van der Waals surface area (Å²) in [7, 11) is -3.02. The maximum Gasteiger partial charge on any atom is 0.251 e. The lowest BCUT2D eigenvalue weighted by atomic mass is 10.1. The Morgan fingerprint density at radius 1 is 1.41 bits per heavy atom. The van der Waals surface area contributed by atoms with E-state index in [0.717, 1.165) is 0 Å². The normalized spacial score (nSPS) is 20.0. The molecule has 22 heavy (non-hydrogen) atoms. The summed E-state index contributed by atoms with van der Waals surface area (Å²) in [5, 5.41) is 14.0. The van der Waals surface area contributed by atoms with Crippen molar-refractivity contribution in [1.82, 2.24) is 25.5 Å². The molecule has 0 spiro atoms. The van der Waals surface area contributed by atoms with E-state index in [-0.39, 0.29) is 23.5 Å². The lowest BCUT2D eigenvalue weighted by Crippen LogP contribution is -2.35. The Labute approximate surface area is 127 Å². The molecule has 8 nitrogen and oxygen atoms in total. The van der Waals surface area contributed by atoms with E-state index in [0.29, 0.717) is 23.5 Å². The van der Waals surface area contributed by atoms with Gasteiger partial charge in [0.25, 0.3) is 5.91 Å². The Morgan fingerprint density at radius 3 is 2.86 bits per heavy atom. The molecule has 1 amide bonds. The third kappa shape index (κ3) is 2.98. The summed E-state index contributed by atoms with van der Waals surface area (Å²) in [6, 6.07) is 6.54. The molecule has 3 rings (SSSR count). The van der Waals surface area contributed by atoms with Gasteiger partial charge in [0.1, 0.15) is 0 Å². The zero-order valence-electron chi connectivity index (χ0n) is 11.9. The monoisotopic (exact) mass is 321 g/mol. The molecular formula is C13H15N5O3S. The van der Waals surface area contributed by atoms with Gasteiger partial charge in [-0.25, -0.2) is 8.42 Å². The van der Waals surface area contributed by atoms with E-state index >= 15 is 0 Å². The van der Waals surface area contributed by atoms with Crippen LogP contribution in [0.1, 0.15) is 22.6 Å². The fourth-order valence-corrected chi connectivity index (χ4v) is 4.10. The van der Waals surface area contributed by atoms with E-state index in [2.05, 4.69) is 20.8 Å². The zero-order valence-corrected chi connectivity index (χ0v) is 12.7. The van der Waals surface area contributed by atoms with Gasteiger partial charge in [0.2, 0.25) is 0 Å². The van der Waals surface area contributed by atoms with Crippen molar-refractivity contribution in [3.63, 3.8) is 0 Å². The Balaban J connectivity index is 1.78. The highest BCUT2D eigenvalue weighted by molar-refractivity contribution is 7.91. The number of rotatable bonds is 3. The van der Waals surface area contributed by atoms with Gasteiger partial charge in [-0.3, -0.25) is 4.79 Å². The molecule has 116 valence electrons. The third-order valence-corrected chi connectivity index (χ3v) is 5.31. The second-order valence-electron chi connectivity index (χ2n) is 5.26. The third-order valence-electron chi connectivity index (χ3n) is 3.55. The van der Waals surface area contributed by atoms with Gasteiger partial charge in [0.15, 0.2) is 15.7 Å². The van der Waals surface area contributed by atoms with Crippen LogP contribution in [0.3, 0.4) is 0 Å². The van der Waals surface area contributed by atoms with E-state index in [1.165, 1.54) is 4.68 Å². The number of sulfone groups is 1. The average molecular weight is 321 g/mol. The van der Waals surface area contributed by atoms with Crippen LogP contribution in [0.4, 0.5) is 0 Å². The zero-order chi connectivity index (χ0) is 15.7. The minimum atomic E-state index is -3.02. The molecule has 2 aromatic rings. The summed E-state index contributed by atoms with van der Waals surface area (Å²) in [6.45, 7) is 1.76. The van der Waals surface area contributed by atoms with E-state index in [9.17, 15) is 13.2 Å². The topological polar surface area (TPSA) is 107 Å². The van der Waals surface area contributed by atoms with Gasteiger partial charge in [0, 0.05) is 11.6 Å². The number of hydrogen-bond donors (Lipinski definition) is 1. The van der Waals surface area contributed by atoms with E-state index < -0.39 is 9.84 Å². The number of hydrogen-bond acceptors (Lipinski definition) is 6. The molecule has 1 N–H and O–H groups in total. The van der Waals surface area contributed by atoms with E-state index in [1.807, 2.05) is 0 Å². The lowest BCUT2D eigenvalue weighted by molar-refractivity contribution is 0.0941. The van der Waals surface area contributed by atoms with Crippen LogP contribution in [0.15, 0.2) is 24.3 Å². The first-order chi connectivity index (χ1) is 10.4. The molecule has 0 bridgehead atoms. The van der Waals surface area contributed by atoms with E-state index in [4.69, 9.17) is 0 Å². The van der Waals surface area contributed by atoms with Gasteiger partial charge < -0.3 is 5.32 Å². The van der Waals surface area contributed by atoms with Crippen molar-refractivity contribution in [3.05, 3.63) is 35.7 Å². The number of aromatic nitrogens is 4. The van der Waals surface area contributed by atoms with Crippen LogP contribution in [-0.4, -0.2) is 52.1 Å². The molecule has 1 atom stereocenters. The van der Waals surface area contributed by atoms with Crippen molar-refractivity contribution >= 4 is 15.7 Å². The minimum absolute atomic E-state index is 0.00450. The fraction of sp³-hybridized carbons (Fsp3) is 0.385. The van der Waals surface area contributed by atoms with Gasteiger partial charge in [-0.2, -0.15) is 4.68 Å². The summed E-state index contributed by atoms with van der Waals surface area (Å²) in [4.78, 5) is 12.3. The van der Waals surface area contributed by atoms with Crippen molar-refractivity contribution in [2.75, 3.05) is 11.5 Å². The lowest BCUT2D eigenvalue weighted by Gasteiger charge is -2.11. The van der Waals surface area contributed by atoms with Crippen molar-refractivity contribution in [2.45, 2.75) is 19.4 Å². The molecule has 1 aliphatic rings. The van der Waals surface area contributed by atoms with Gasteiger partial charge in [-0.1, -0.05) is 6.07 Å². The highest BCUT2D eigenvalue weighted by Gasteiger charge is 2.29. The van der Waals surface area contributed by atoms with Crippen LogP contribution in [0.5, 0.6) is 0 Å². The number of aryl methyl sites for hydroxylation is 1. The van der Waals surface area contributed by atoms with Gasteiger partial charge in [-0.15, -0.1) is 5.10 Å². The van der Waals surface area contributed by atoms with Gasteiger partial charge in [0.05, 0.1) is 17.2 Å². The van der Waals surface area contributed by atoms with Crippen LogP contribution >= 0.6 is 0 Å². The van der Waals surface area contributed by atoms with Crippen molar-refractivity contribution < 1.29 is 13.2 Å². The Hall–Kier alpha value is -2.29. The summed E-state index contributed by atoms with van der Waals surface area (Å²) in [5.74, 6) is 0.445. The quantitative estimate of drug-likeness (QED) is 0.845. The second kappa shape index (κ2) is 5.48. The van der Waals surface area contributed by atoms with Crippen molar-refractivity contribution in [3.8, 4) is 5.69 Å². The largest absolute Gasteiger partial charge is 0.348 e. The average Bonchev–Trinajstić information content (AvgIpc) is 3.04. The Kier molecular flexibility index (Phi) is 3.65. The van der Waals surface area contributed by atoms with Crippen LogP contribution in [0.25, 0.3) is 5.69 Å². The molecule has 1 fully saturated rings. The highest BCUT2D eigenvalue weighted by atomic mass is 32.2. The second-order valence-corrected chi connectivity index (χ2v) is 7.49. The molecule has 1 aromatic heterocycles. The van der Waals surface area contributed by atoms with Crippen molar-refractivity contribution in [1.29, 1.82) is 0 Å². The fourth-order valence-electron chi connectivity index (χ4n) is 2.43.